The number of benzene rings is 4. The average Bonchev–Trinajstić information content (AvgIpc) is 2.99. The molecule has 0 atom stereocenters. The molecule has 0 spiro atoms. The molecule has 10 heteroatoms. The van der Waals surface area contributed by atoms with E-state index in [9.17, 15) is 35.1 Å². The summed E-state index contributed by atoms with van der Waals surface area (Å²) < 4.78 is 121. The van der Waals surface area contributed by atoms with Gasteiger partial charge in [-0.2, -0.15) is 26.3 Å². The van der Waals surface area contributed by atoms with Gasteiger partial charge in [-0.05, 0) is 78.6 Å². The van der Waals surface area contributed by atoms with Crippen molar-refractivity contribution in [2.24, 2.45) is 0 Å². The molecule has 4 rings (SSSR count). The summed E-state index contributed by atoms with van der Waals surface area (Å²) >= 11 is 0. The van der Waals surface area contributed by atoms with E-state index in [4.69, 9.17) is 0 Å². The molecule has 240 valence electrons. The fraction of sp³-hybridized carbons (Fsp3) is 0.314. The smallest absolute Gasteiger partial charge is 0.433 e. The van der Waals surface area contributed by atoms with E-state index < -0.39 is 53.4 Å². The second-order valence-electron chi connectivity index (χ2n) is 10.8. The predicted molar refractivity (Wildman–Crippen MR) is 156 cm³/mol. The van der Waals surface area contributed by atoms with Crippen LogP contribution in [0.3, 0.4) is 0 Å². The number of aryl methyl sites for hydroxylation is 4. The Morgan fingerprint density at radius 2 is 1.16 bits per heavy atom. The van der Waals surface area contributed by atoms with E-state index in [2.05, 4.69) is 40.7 Å². The first-order valence-corrected chi connectivity index (χ1v) is 14.5. The molecule has 0 amide bonds. The zero-order chi connectivity index (χ0) is 32.8. The molecule has 0 fully saturated rings. The van der Waals surface area contributed by atoms with E-state index in [-0.39, 0.29) is 11.1 Å². The number of halogens is 8. The predicted octanol–water partition coefficient (Wildman–Crippen LogP) is 10.7. The van der Waals surface area contributed by atoms with Gasteiger partial charge in [0.2, 0.25) is 5.82 Å². The Labute approximate surface area is 256 Å². The van der Waals surface area contributed by atoms with Gasteiger partial charge < -0.3 is 9.47 Å². The number of alkyl halides is 5. The van der Waals surface area contributed by atoms with Crippen LogP contribution in [-0.4, -0.2) is 12.7 Å². The number of hydrogen-bond acceptors (Lipinski definition) is 2. The van der Waals surface area contributed by atoms with Crippen LogP contribution >= 0.6 is 0 Å². The van der Waals surface area contributed by atoms with Gasteiger partial charge in [-0.15, -0.1) is 0 Å². The van der Waals surface area contributed by atoms with Gasteiger partial charge in [-0.3, -0.25) is 0 Å². The largest absolute Gasteiger partial charge is 0.482 e. The lowest BCUT2D eigenvalue weighted by Gasteiger charge is -2.21. The van der Waals surface area contributed by atoms with E-state index in [0.29, 0.717) is 11.6 Å². The number of unbranched alkanes of at least 4 members (excludes halogenated alkanes) is 2. The normalized spacial score (nSPS) is 12.0. The molecule has 0 saturated heterocycles. The molecular weight excluding hydrogens is 604 g/mol. The maximum atomic E-state index is 14.9. The average molecular weight is 637 g/mol. The molecule has 45 heavy (non-hydrogen) atoms. The molecule has 0 aromatic heterocycles. The van der Waals surface area contributed by atoms with Crippen LogP contribution in [0.5, 0.6) is 11.5 Å². The third-order valence-corrected chi connectivity index (χ3v) is 7.34. The van der Waals surface area contributed by atoms with Crippen LogP contribution in [0, 0.1) is 24.4 Å². The summed E-state index contributed by atoms with van der Waals surface area (Å²) in [5.74, 6) is -7.22. The van der Waals surface area contributed by atoms with Crippen molar-refractivity contribution in [2.45, 2.75) is 64.7 Å². The zero-order valence-electron chi connectivity index (χ0n) is 24.7. The van der Waals surface area contributed by atoms with Crippen LogP contribution in [0.2, 0.25) is 0 Å². The van der Waals surface area contributed by atoms with Gasteiger partial charge in [0.1, 0.15) is 17.1 Å². The first-order valence-electron chi connectivity index (χ1n) is 14.5. The first kappa shape index (κ1) is 33.8. The molecule has 0 N–H and O–H groups in total. The van der Waals surface area contributed by atoms with Gasteiger partial charge in [0.25, 0.3) is 0 Å². The minimum Gasteiger partial charge on any atom is -0.482 e. The number of ether oxygens (including phenoxy) is 2. The van der Waals surface area contributed by atoms with Crippen molar-refractivity contribution >= 4 is 0 Å². The summed E-state index contributed by atoms with van der Waals surface area (Å²) in [6, 6.07) is 18.6. The highest BCUT2D eigenvalue weighted by atomic mass is 19.4. The van der Waals surface area contributed by atoms with Gasteiger partial charge in [-0.1, -0.05) is 74.4 Å². The topological polar surface area (TPSA) is 18.5 Å². The molecular formula is C35H32F8O2. The Bertz CT molecular complexity index is 1580. The summed E-state index contributed by atoms with van der Waals surface area (Å²) in [5, 5.41) is 0. The monoisotopic (exact) mass is 636 g/mol. The zero-order valence-corrected chi connectivity index (χ0v) is 24.7. The highest BCUT2D eigenvalue weighted by molar-refractivity contribution is 5.65. The van der Waals surface area contributed by atoms with E-state index >= 15 is 0 Å². The standard InChI is InChI=1S/C35H32F8O2/c1-3-4-5-6-23-8-10-24(11-9-23)12-13-25-14-16-26(17-15-25)27-18-20-29(33(38)32(27)37)45-34(39,40)21-44-28-19-7-22(2)31(36)30(28)35(41,42)43/h7-11,14-20H,3-6,12-13,21H2,1-2H3. The Morgan fingerprint density at radius 1 is 0.600 bits per heavy atom. The van der Waals surface area contributed by atoms with Crippen molar-refractivity contribution in [2.75, 3.05) is 6.61 Å². The van der Waals surface area contributed by atoms with Crippen molar-refractivity contribution in [3.8, 4) is 22.6 Å². The molecule has 0 unspecified atom stereocenters. The quantitative estimate of drug-likeness (QED) is 0.107. The molecule has 0 saturated carbocycles. The summed E-state index contributed by atoms with van der Waals surface area (Å²) in [6.45, 7) is 1.41. The Balaban J connectivity index is 1.39. The van der Waals surface area contributed by atoms with Gasteiger partial charge in [0.15, 0.2) is 18.2 Å². The maximum Gasteiger partial charge on any atom is 0.433 e. The molecule has 0 bridgehead atoms. The van der Waals surface area contributed by atoms with Crippen LogP contribution in [0.25, 0.3) is 11.1 Å². The van der Waals surface area contributed by atoms with Crippen LogP contribution in [0.1, 0.15) is 54.0 Å². The van der Waals surface area contributed by atoms with Crippen LogP contribution < -0.4 is 9.47 Å². The molecule has 4 aromatic rings. The molecule has 0 radical (unpaired) electrons. The molecule has 0 aliphatic carbocycles. The second-order valence-corrected chi connectivity index (χ2v) is 10.8. The summed E-state index contributed by atoms with van der Waals surface area (Å²) in [5.41, 5.74) is 1.31. The molecule has 4 aromatic carbocycles. The van der Waals surface area contributed by atoms with Gasteiger partial charge in [-0.25, -0.2) is 8.78 Å². The Kier molecular flexibility index (Phi) is 10.8. The van der Waals surface area contributed by atoms with Gasteiger partial charge in [0, 0.05) is 5.56 Å². The highest BCUT2D eigenvalue weighted by Crippen LogP contribution is 2.40. The summed E-state index contributed by atoms with van der Waals surface area (Å²) in [7, 11) is 0. The number of hydrogen-bond donors (Lipinski definition) is 0. The van der Waals surface area contributed by atoms with Gasteiger partial charge >= 0.3 is 12.3 Å². The van der Waals surface area contributed by atoms with Crippen LogP contribution in [0.15, 0.2) is 72.8 Å². The van der Waals surface area contributed by atoms with Crippen molar-refractivity contribution < 1.29 is 44.6 Å². The molecule has 0 heterocycles. The van der Waals surface area contributed by atoms with Crippen LogP contribution in [0.4, 0.5) is 35.1 Å². The SMILES string of the molecule is CCCCCc1ccc(CCc2ccc(-c3ccc(OC(F)(F)COc4ccc(C)c(F)c4C(F)(F)F)c(F)c3F)cc2)cc1. The van der Waals surface area contributed by atoms with Crippen molar-refractivity contribution in [3.63, 3.8) is 0 Å². The van der Waals surface area contributed by atoms with Crippen molar-refractivity contribution in [3.05, 3.63) is 118 Å². The van der Waals surface area contributed by atoms with Gasteiger partial charge in [0.05, 0.1) is 0 Å². The lowest BCUT2D eigenvalue weighted by atomic mass is 9.99. The summed E-state index contributed by atoms with van der Waals surface area (Å²) in [6.07, 6.45) is -3.52. The van der Waals surface area contributed by atoms with Crippen molar-refractivity contribution in [1.82, 2.24) is 0 Å². The highest BCUT2D eigenvalue weighted by Gasteiger charge is 2.41. The Hall–Kier alpha value is -4.08. The molecule has 0 aliphatic heterocycles. The first-order chi connectivity index (χ1) is 21.3. The molecule has 2 nitrogen and oxygen atoms in total. The minimum atomic E-state index is -5.23. The molecule has 0 aliphatic rings. The third kappa shape index (κ3) is 8.77. The third-order valence-electron chi connectivity index (χ3n) is 7.34. The Morgan fingerprint density at radius 3 is 1.73 bits per heavy atom. The fourth-order valence-corrected chi connectivity index (χ4v) is 4.82. The van der Waals surface area contributed by atoms with E-state index in [1.807, 2.05) is 0 Å². The fourth-order valence-electron chi connectivity index (χ4n) is 4.82. The minimum absolute atomic E-state index is 0.199. The second kappa shape index (κ2) is 14.3. The van der Waals surface area contributed by atoms with E-state index in [1.165, 1.54) is 24.0 Å². The lowest BCUT2D eigenvalue weighted by molar-refractivity contribution is -0.198. The van der Waals surface area contributed by atoms with Crippen LogP contribution in [-0.2, 0) is 25.4 Å². The van der Waals surface area contributed by atoms with E-state index in [0.717, 1.165) is 56.4 Å². The maximum absolute atomic E-state index is 14.9. The van der Waals surface area contributed by atoms with E-state index in [1.54, 1.807) is 24.3 Å². The summed E-state index contributed by atoms with van der Waals surface area (Å²) in [4.78, 5) is 0. The van der Waals surface area contributed by atoms with Crippen molar-refractivity contribution in [1.29, 1.82) is 0 Å². The lowest BCUT2D eigenvalue weighted by Crippen LogP contribution is -2.33. The number of rotatable bonds is 13.